The summed E-state index contributed by atoms with van der Waals surface area (Å²) in [6.07, 6.45) is 0. The first-order chi connectivity index (χ1) is 11.0. The van der Waals surface area contributed by atoms with E-state index in [2.05, 4.69) is 4.98 Å². The number of aromatic nitrogens is 1. The van der Waals surface area contributed by atoms with E-state index in [-0.39, 0.29) is 0 Å². The van der Waals surface area contributed by atoms with Crippen molar-refractivity contribution in [3.63, 3.8) is 0 Å². The van der Waals surface area contributed by atoms with Gasteiger partial charge in [0.05, 0.1) is 43.9 Å². The average Bonchev–Trinajstić information content (AvgIpc) is 2.53. The van der Waals surface area contributed by atoms with Crippen LogP contribution in [-0.4, -0.2) is 32.4 Å². The number of rotatable bonds is 7. The van der Waals surface area contributed by atoms with Crippen molar-refractivity contribution in [2.24, 2.45) is 0 Å². The van der Waals surface area contributed by atoms with Crippen LogP contribution in [0.2, 0.25) is 0 Å². The van der Waals surface area contributed by atoms with Crippen LogP contribution in [0.5, 0.6) is 11.5 Å². The Morgan fingerprint density at radius 1 is 1.00 bits per heavy atom. The van der Waals surface area contributed by atoms with Gasteiger partial charge in [0, 0.05) is 11.5 Å². The van der Waals surface area contributed by atoms with Crippen molar-refractivity contribution in [3.8, 4) is 11.5 Å². The number of ether oxygens (including phenoxy) is 2. The van der Waals surface area contributed by atoms with Crippen LogP contribution in [-0.2, 0) is 13.6 Å². The van der Waals surface area contributed by atoms with Crippen LogP contribution in [0.25, 0.3) is 10.9 Å². The van der Waals surface area contributed by atoms with E-state index >= 15 is 0 Å². The molecule has 0 saturated heterocycles. The van der Waals surface area contributed by atoms with E-state index in [1.807, 2.05) is 0 Å². The van der Waals surface area contributed by atoms with Gasteiger partial charge in [0.2, 0.25) is 0 Å². The molecule has 0 spiro atoms. The van der Waals surface area contributed by atoms with E-state index in [9.17, 15) is 4.57 Å². The minimum Gasteiger partial charge on any atom is -0.493 e. The standard InChI is InChI=1S/C16H22NO5P/c1-6-21-23(18,22-7-2)16-9-12-8-14(19-4)15(20-5)10-13(12)17-11(16)3/h8-10H,6-7H2,1-5H3. The molecule has 0 N–H and O–H groups in total. The van der Waals surface area contributed by atoms with Crippen LogP contribution in [0.3, 0.4) is 0 Å². The normalized spacial score (nSPS) is 11.7. The summed E-state index contributed by atoms with van der Waals surface area (Å²) in [4.78, 5) is 4.52. The van der Waals surface area contributed by atoms with Gasteiger partial charge in [0.1, 0.15) is 0 Å². The van der Waals surface area contributed by atoms with Crippen molar-refractivity contribution in [1.82, 2.24) is 4.98 Å². The summed E-state index contributed by atoms with van der Waals surface area (Å²) in [5.41, 5.74) is 1.33. The molecule has 1 aromatic carbocycles. The Labute approximate surface area is 136 Å². The molecule has 23 heavy (non-hydrogen) atoms. The molecular weight excluding hydrogens is 317 g/mol. The Hall–Kier alpha value is -1.62. The van der Waals surface area contributed by atoms with Crippen molar-refractivity contribution >= 4 is 23.8 Å². The molecule has 0 unspecified atom stereocenters. The fraction of sp³-hybridized carbons (Fsp3) is 0.438. The molecule has 1 aromatic heterocycles. The molecule has 0 radical (unpaired) electrons. The molecule has 0 saturated carbocycles. The zero-order valence-corrected chi connectivity index (χ0v) is 15.0. The predicted octanol–water partition coefficient (Wildman–Crippen LogP) is 3.45. The monoisotopic (exact) mass is 339 g/mol. The maximum absolute atomic E-state index is 13.0. The van der Waals surface area contributed by atoms with Gasteiger partial charge in [-0.1, -0.05) is 0 Å². The van der Waals surface area contributed by atoms with Crippen LogP contribution in [0.1, 0.15) is 19.5 Å². The topological polar surface area (TPSA) is 66.9 Å². The lowest BCUT2D eigenvalue weighted by Crippen LogP contribution is -2.15. The van der Waals surface area contributed by atoms with Gasteiger partial charge in [-0.3, -0.25) is 9.55 Å². The Bertz CT molecular complexity index is 737. The summed E-state index contributed by atoms with van der Waals surface area (Å²) in [5.74, 6) is 1.18. The van der Waals surface area contributed by atoms with Gasteiger partial charge < -0.3 is 18.5 Å². The van der Waals surface area contributed by atoms with Crippen LogP contribution >= 0.6 is 7.60 Å². The SMILES string of the molecule is CCOP(=O)(OCC)c1cc2cc(OC)c(OC)cc2nc1C. The molecule has 1 heterocycles. The number of methoxy groups -OCH3 is 2. The Morgan fingerprint density at radius 3 is 2.09 bits per heavy atom. The molecule has 0 bridgehead atoms. The van der Waals surface area contributed by atoms with Gasteiger partial charge in [0.15, 0.2) is 11.5 Å². The largest absolute Gasteiger partial charge is 0.493 e. The molecule has 0 atom stereocenters. The molecule has 126 valence electrons. The molecule has 2 aromatic rings. The number of nitrogens with zero attached hydrogens (tertiary/aromatic N) is 1. The lowest BCUT2D eigenvalue weighted by molar-refractivity contribution is 0.229. The van der Waals surface area contributed by atoms with Gasteiger partial charge in [0.25, 0.3) is 0 Å². The zero-order chi connectivity index (χ0) is 17.0. The van der Waals surface area contributed by atoms with Crippen LogP contribution in [0, 0.1) is 6.92 Å². The minimum absolute atomic E-state index is 0.292. The first kappa shape index (κ1) is 17.7. The summed E-state index contributed by atoms with van der Waals surface area (Å²) in [6.45, 7) is 5.93. The summed E-state index contributed by atoms with van der Waals surface area (Å²) < 4.78 is 34.5. The quantitative estimate of drug-likeness (QED) is 0.720. The van der Waals surface area contributed by atoms with Crippen LogP contribution in [0.4, 0.5) is 0 Å². The van der Waals surface area contributed by atoms with Gasteiger partial charge in [-0.15, -0.1) is 0 Å². The van der Waals surface area contributed by atoms with Crippen molar-refractivity contribution < 1.29 is 23.1 Å². The van der Waals surface area contributed by atoms with Crippen LogP contribution < -0.4 is 14.8 Å². The molecule has 6 nitrogen and oxygen atoms in total. The highest BCUT2D eigenvalue weighted by molar-refractivity contribution is 7.62. The Balaban J connectivity index is 2.66. The maximum atomic E-state index is 13.0. The van der Waals surface area contributed by atoms with E-state index in [4.69, 9.17) is 18.5 Å². The summed E-state index contributed by atoms with van der Waals surface area (Å²) in [5, 5.41) is 1.25. The van der Waals surface area contributed by atoms with E-state index < -0.39 is 7.60 Å². The second-order valence-electron chi connectivity index (χ2n) is 4.83. The number of benzene rings is 1. The van der Waals surface area contributed by atoms with E-state index in [0.717, 1.165) is 10.9 Å². The van der Waals surface area contributed by atoms with Gasteiger partial charge >= 0.3 is 7.60 Å². The number of hydrogen-bond donors (Lipinski definition) is 0. The number of pyridine rings is 1. The summed E-state index contributed by atoms with van der Waals surface area (Å²) in [7, 11) is -0.251. The van der Waals surface area contributed by atoms with E-state index in [1.54, 1.807) is 53.2 Å². The van der Waals surface area contributed by atoms with Crippen molar-refractivity contribution in [2.75, 3.05) is 27.4 Å². The summed E-state index contributed by atoms with van der Waals surface area (Å²) >= 11 is 0. The highest BCUT2D eigenvalue weighted by Gasteiger charge is 2.30. The second kappa shape index (κ2) is 7.30. The molecule has 7 heteroatoms. The Kier molecular flexibility index (Phi) is 5.63. The van der Waals surface area contributed by atoms with Crippen molar-refractivity contribution in [1.29, 1.82) is 0 Å². The lowest BCUT2D eigenvalue weighted by atomic mass is 10.2. The fourth-order valence-corrected chi connectivity index (χ4v) is 4.16. The highest BCUT2D eigenvalue weighted by Crippen LogP contribution is 2.48. The third kappa shape index (κ3) is 3.50. The zero-order valence-electron chi connectivity index (χ0n) is 14.1. The average molecular weight is 339 g/mol. The smallest absolute Gasteiger partial charge is 0.363 e. The van der Waals surface area contributed by atoms with Gasteiger partial charge in [-0.05, 0) is 32.9 Å². The molecular formula is C16H22NO5P. The van der Waals surface area contributed by atoms with E-state index in [1.165, 1.54) is 0 Å². The molecule has 0 aliphatic heterocycles. The van der Waals surface area contributed by atoms with Crippen molar-refractivity contribution in [3.05, 3.63) is 23.9 Å². The first-order valence-corrected chi connectivity index (χ1v) is 8.96. The molecule has 0 aliphatic rings. The number of fused-ring (bicyclic) bond motifs is 1. The van der Waals surface area contributed by atoms with Gasteiger partial charge in [-0.2, -0.15) is 0 Å². The van der Waals surface area contributed by atoms with Gasteiger partial charge in [-0.25, -0.2) is 0 Å². The molecule has 0 aliphatic carbocycles. The third-order valence-corrected chi connectivity index (χ3v) is 5.62. The highest BCUT2D eigenvalue weighted by atomic mass is 31.2. The number of aryl methyl sites for hydroxylation is 1. The van der Waals surface area contributed by atoms with Crippen LogP contribution in [0.15, 0.2) is 18.2 Å². The second-order valence-corrected chi connectivity index (χ2v) is 6.82. The molecule has 0 amide bonds. The number of hydrogen-bond acceptors (Lipinski definition) is 6. The molecule has 2 rings (SSSR count). The maximum Gasteiger partial charge on any atom is 0.363 e. The van der Waals surface area contributed by atoms with E-state index in [0.29, 0.717) is 35.7 Å². The Morgan fingerprint density at radius 2 is 1.57 bits per heavy atom. The fourth-order valence-electron chi connectivity index (χ4n) is 2.38. The first-order valence-electron chi connectivity index (χ1n) is 7.42. The predicted molar refractivity (Wildman–Crippen MR) is 90.1 cm³/mol. The third-order valence-electron chi connectivity index (χ3n) is 3.38. The lowest BCUT2D eigenvalue weighted by Gasteiger charge is -2.19. The minimum atomic E-state index is -3.39. The summed E-state index contributed by atoms with van der Waals surface area (Å²) in [6, 6.07) is 5.37. The molecule has 0 fully saturated rings. The van der Waals surface area contributed by atoms with Crippen molar-refractivity contribution in [2.45, 2.75) is 20.8 Å².